The molecule has 3 rings (SSSR count). The highest BCUT2D eigenvalue weighted by Gasteiger charge is 2.17. The van der Waals surface area contributed by atoms with Crippen LogP contribution < -0.4 is 11.1 Å². The number of pyridine rings is 1. The first-order chi connectivity index (χ1) is 12.8. The van der Waals surface area contributed by atoms with E-state index in [1.807, 2.05) is 24.3 Å². The Bertz CT molecular complexity index is 949. The van der Waals surface area contributed by atoms with E-state index in [1.165, 1.54) is 11.3 Å². The molecule has 0 unspecified atom stereocenters. The summed E-state index contributed by atoms with van der Waals surface area (Å²) in [6.45, 7) is 3.87. The van der Waals surface area contributed by atoms with Gasteiger partial charge in [0.2, 0.25) is 5.13 Å². The van der Waals surface area contributed by atoms with Crippen LogP contribution in [0.15, 0.2) is 42.7 Å². The molecule has 7 nitrogen and oxygen atoms in total. The summed E-state index contributed by atoms with van der Waals surface area (Å²) in [7, 11) is 0. The highest BCUT2D eigenvalue weighted by molar-refractivity contribution is 7.15. The number of hydrogen-bond acceptors (Lipinski definition) is 7. The summed E-state index contributed by atoms with van der Waals surface area (Å²) in [4.78, 5) is 16.6. The van der Waals surface area contributed by atoms with Crippen molar-refractivity contribution in [3.63, 3.8) is 0 Å². The number of nitrogens with two attached hydrogens (primary N) is 1. The Kier molecular flexibility index (Phi) is 5.48. The number of aliphatic hydroxyl groups is 1. The van der Waals surface area contributed by atoms with Gasteiger partial charge in [-0.2, -0.15) is 0 Å². The lowest BCUT2D eigenvalue weighted by Gasteiger charge is -2.18. The molecule has 0 aliphatic rings. The molecule has 0 fully saturated rings. The van der Waals surface area contributed by atoms with Crippen LogP contribution in [0, 0.1) is 0 Å². The van der Waals surface area contributed by atoms with Crippen LogP contribution in [-0.2, 0) is 12.0 Å². The van der Waals surface area contributed by atoms with Crippen LogP contribution in [0.25, 0.3) is 11.1 Å². The fraction of sp³-hybridized carbons (Fsp3) is 0.263. The van der Waals surface area contributed by atoms with E-state index in [0.717, 1.165) is 16.1 Å². The normalized spacial score (nSPS) is 11.4. The van der Waals surface area contributed by atoms with E-state index in [-0.39, 0.29) is 5.91 Å². The third-order valence-corrected chi connectivity index (χ3v) is 4.82. The van der Waals surface area contributed by atoms with Crippen molar-refractivity contribution < 1.29 is 9.90 Å². The summed E-state index contributed by atoms with van der Waals surface area (Å²) >= 11 is 1.32. The molecule has 2 heterocycles. The summed E-state index contributed by atoms with van der Waals surface area (Å²) in [5.74, 6) is -0.166. The van der Waals surface area contributed by atoms with Gasteiger partial charge < -0.3 is 16.2 Å². The predicted molar refractivity (Wildman–Crippen MR) is 105 cm³/mol. The van der Waals surface area contributed by atoms with Crippen molar-refractivity contribution in [1.82, 2.24) is 20.5 Å². The van der Waals surface area contributed by atoms with Crippen molar-refractivity contribution in [2.75, 3.05) is 12.3 Å². The average Bonchev–Trinajstić information content (AvgIpc) is 3.06. The molecule has 0 aliphatic carbocycles. The first-order valence-electron chi connectivity index (χ1n) is 8.47. The van der Waals surface area contributed by atoms with Crippen molar-refractivity contribution in [2.45, 2.75) is 25.9 Å². The molecule has 0 bridgehead atoms. The summed E-state index contributed by atoms with van der Waals surface area (Å²) < 4.78 is 0. The summed E-state index contributed by atoms with van der Waals surface area (Å²) in [6, 6.07) is 9.18. The molecule has 27 heavy (non-hydrogen) atoms. The summed E-state index contributed by atoms with van der Waals surface area (Å²) in [5.41, 5.74) is 7.54. The van der Waals surface area contributed by atoms with Gasteiger partial charge in [-0.3, -0.25) is 9.78 Å². The van der Waals surface area contributed by atoms with Crippen molar-refractivity contribution in [3.8, 4) is 11.1 Å². The van der Waals surface area contributed by atoms with Gasteiger partial charge in [-0.25, -0.2) is 0 Å². The number of rotatable bonds is 6. The van der Waals surface area contributed by atoms with Gasteiger partial charge in [0.25, 0.3) is 5.91 Å². The maximum Gasteiger partial charge on any atom is 0.251 e. The van der Waals surface area contributed by atoms with E-state index in [4.69, 9.17) is 5.73 Å². The molecule has 1 amide bonds. The third-order valence-electron chi connectivity index (χ3n) is 4.01. The van der Waals surface area contributed by atoms with Gasteiger partial charge in [-0.05, 0) is 37.6 Å². The minimum atomic E-state index is -0.980. The SMILES string of the molecule is CC(C)(O)c1cncc(-c2cccc(C(=O)NCCc3nnc(N)s3)c2)c1. The van der Waals surface area contributed by atoms with Crippen LogP contribution in [-0.4, -0.2) is 32.7 Å². The lowest BCUT2D eigenvalue weighted by Crippen LogP contribution is -2.25. The van der Waals surface area contributed by atoms with Crippen molar-refractivity contribution in [1.29, 1.82) is 0 Å². The van der Waals surface area contributed by atoms with E-state index < -0.39 is 5.60 Å². The second-order valence-electron chi connectivity index (χ2n) is 6.64. The molecule has 8 heteroatoms. The monoisotopic (exact) mass is 383 g/mol. The van der Waals surface area contributed by atoms with E-state index >= 15 is 0 Å². The van der Waals surface area contributed by atoms with Crippen LogP contribution in [0.5, 0.6) is 0 Å². The molecule has 140 valence electrons. The van der Waals surface area contributed by atoms with Gasteiger partial charge in [-0.15, -0.1) is 10.2 Å². The quantitative estimate of drug-likeness (QED) is 0.602. The molecule has 0 atom stereocenters. The number of amides is 1. The van der Waals surface area contributed by atoms with E-state index in [1.54, 1.807) is 32.3 Å². The van der Waals surface area contributed by atoms with Gasteiger partial charge in [0.1, 0.15) is 5.01 Å². The molecule has 4 N–H and O–H groups in total. The first kappa shape index (κ1) is 18.9. The molecule has 3 aromatic rings. The molecule has 0 saturated heterocycles. The third kappa shape index (κ3) is 4.87. The Morgan fingerprint density at radius 2 is 2.04 bits per heavy atom. The number of anilines is 1. The maximum absolute atomic E-state index is 12.4. The lowest BCUT2D eigenvalue weighted by atomic mass is 9.96. The predicted octanol–water partition coefficient (Wildman–Crippen LogP) is 2.38. The number of carbonyl (C=O) groups is 1. The zero-order valence-electron chi connectivity index (χ0n) is 15.1. The second kappa shape index (κ2) is 7.81. The molecule has 0 spiro atoms. The number of nitrogens with one attached hydrogen (secondary N) is 1. The van der Waals surface area contributed by atoms with Gasteiger partial charge >= 0.3 is 0 Å². The second-order valence-corrected chi connectivity index (χ2v) is 7.74. The number of aromatic nitrogens is 3. The number of nitrogen functional groups attached to an aromatic ring is 1. The van der Waals surface area contributed by atoms with Crippen molar-refractivity contribution >= 4 is 22.4 Å². The number of carbonyl (C=O) groups excluding carboxylic acids is 1. The standard InChI is InChI=1S/C19H21N5O2S/c1-19(2,26)15-9-14(10-21-11-15)12-4-3-5-13(8-12)17(25)22-7-6-16-23-24-18(20)27-16/h3-5,8-11,26H,6-7H2,1-2H3,(H2,20,24)(H,22,25). The van der Waals surface area contributed by atoms with Gasteiger partial charge in [0, 0.05) is 42.0 Å². The summed E-state index contributed by atoms with van der Waals surface area (Å²) in [5, 5.41) is 21.9. The Morgan fingerprint density at radius 3 is 2.74 bits per heavy atom. The topological polar surface area (TPSA) is 114 Å². The van der Waals surface area contributed by atoms with Crippen LogP contribution in [0.4, 0.5) is 5.13 Å². The average molecular weight is 383 g/mol. The highest BCUT2D eigenvalue weighted by atomic mass is 32.1. The van der Waals surface area contributed by atoms with Crippen LogP contribution in [0.2, 0.25) is 0 Å². The fourth-order valence-electron chi connectivity index (χ4n) is 2.53. The van der Waals surface area contributed by atoms with E-state index in [0.29, 0.717) is 29.2 Å². The van der Waals surface area contributed by atoms with Crippen LogP contribution in [0.1, 0.15) is 34.8 Å². The molecule has 0 aliphatic heterocycles. The van der Waals surface area contributed by atoms with Crippen LogP contribution >= 0.6 is 11.3 Å². The fourth-order valence-corrected chi connectivity index (χ4v) is 3.13. The maximum atomic E-state index is 12.4. The molecule has 2 aromatic heterocycles. The number of benzene rings is 1. The van der Waals surface area contributed by atoms with Gasteiger partial charge in [0.15, 0.2) is 0 Å². The Morgan fingerprint density at radius 1 is 1.22 bits per heavy atom. The zero-order valence-corrected chi connectivity index (χ0v) is 16.0. The lowest BCUT2D eigenvalue weighted by molar-refractivity contribution is 0.0782. The highest BCUT2D eigenvalue weighted by Crippen LogP contribution is 2.25. The largest absolute Gasteiger partial charge is 0.386 e. The van der Waals surface area contributed by atoms with Gasteiger partial charge in [0.05, 0.1) is 5.60 Å². The zero-order chi connectivity index (χ0) is 19.4. The number of hydrogen-bond donors (Lipinski definition) is 3. The van der Waals surface area contributed by atoms with Gasteiger partial charge in [-0.1, -0.05) is 23.5 Å². The molecule has 0 saturated carbocycles. The number of nitrogens with zero attached hydrogens (tertiary/aromatic N) is 3. The van der Waals surface area contributed by atoms with E-state index in [2.05, 4.69) is 20.5 Å². The van der Waals surface area contributed by atoms with Crippen molar-refractivity contribution in [3.05, 3.63) is 58.9 Å². The molecule has 1 aromatic carbocycles. The Balaban J connectivity index is 1.70. The Hall–Kier alpha value is -2.84. The first-order valence-corrected chi connectivity index (χ1v) is 9.29. The summed E-state index contributed by atoms with van der Waals surface area (Å²) in [6.07, 6.45) is 3.93. The minimum Gasteiger partial charge on any atom is -0.386 e. The molecule has 0 radical (unpaired) electrons. The molecular weight excluding hydrogens is 362 g/mol. The Labute approximate surface area is 161 Å². The van der Waals surface area contributed by atoms with E-state index in [9.17, 15) is 9.90 Å². The van der Waals surface area contributed by atoms with Crippen molar-refractivity contribution in [2.24, 2.45) is 0 Å². The smallest absolute Gasteiger partial charge is 0.251 e. The van der Waals surface area contributed by atoms with Crippen LogP contribution in [0.3, 0.4) is 0 Å². The minimum absolute atomic E-state index is 0.166. The molecular formula is C19H21N5O2S.